The van der Waals surface area contributed by atoms with Gasteiger partial charge in [-0.25, -0.2) is 0 Å². The van der Waals surface area contributed by atoms with Crippen molar-refractivity contribution in [2.45, 2.75) is 20.3 Å². The maximum absolute atomic E-state index is 5.09. The van der Waals surface area contributed by atoms with Crippen molar-refractivity contribution >= 4 is 6.01 Å². The van der Waals surface area contributed by atoms with Crippen LogP contribution in [-0.4, -0.2) is 16.7 Å². The fraction of sp³-hybridized carbons (Fsp3) is 0.333. The molecule has 1 aromatic heterocycles. The molecule has 0 spiro atoms. The molecule has 4 nitrogen and oxygen atoms in total. The molecular weight excluding hydrogens is 202 g/mol. The molecule has 0 aliphatic heterocycles. The van der Waals surface area contributed by atoms with E-state index in [0.29, 0.717) is 11.8 Å². The summed E-state index contributed by atoms with van der Waals surface area (Å²) in [7, 11) is 0. The highest BCUT2D eigenvalue weighted by molar-refractivity contribution is 5.56. The van der Waals surface area contributed by atoms with Gasteiger partial charge in [-0.15, -0.1) is 0 Å². The predicted molar refractivity (Wildman–Crippen MR) is 63.3 cm³/mol. The van der Waals surface area contributed by atoms with E-state index in [1.165, 1.54) is 5.56 Å². The molecule has 1 heterocycles. The van der Waals surface area contributed by atoms with Gasteiger partial charge < -0.3 is 9.84 Å². The van der Waals surface area contributed by atoms with Crippen LogP contribution in [0.15, 0.2) is 28.8 Å². The molecule has 2 aromatic rings. The predicted octanol–water partition coefficient (Wildman–Crippen LogP) is 2.87. The van der Waals surface area contributed by atoms with Gasteiger partial charge in [-0.3, -0.25) is 0 Å². The van der Waals surface area contributed by atoms with E-state index in [1.54, 1.807) is 0 Å². The second kappa shape index (κ2) is 4.79. The largest absolute Gasteiger partial charge is 0.338 e. The second-order valence-electron chi connectivity index (χ2n) is 3.72. The molecule has 84 valence electrons. The quantitative estimate of drug-likeness (QED) is 0.855. The average Bonchev–Trinajstić information content (AvgIpc) is 2.75. The van der Waals surface area contributed by atoms with Crippen LogP contribution in [0.1, 0.15) is 18.9 Å². The van der Waals surface area contributed by atoms with Crippen LogP contribution >= 0.6 is 0 Å². The molecular formula is C12H15N3O. The first-order chi connectivity index (χ1) is 7.79. The summed E-state index contributed by atoms with van der Waals surface area (Å²) in [6.45, 7) is 4.97. The maximum Gasteiger partial charge on any atom is 0.321 e. The van der Waals surface area contributed by atoms with Crippen molar-refractivity contribution in [2.75, 3.05) is 11.9 Å². The minimum atomic E-state index is 0.485. The lowest BCUT2D eigenvalue weighted by Crippen LogP contribution is -1.99. The summed E-state index contributed by atoms with van der Waals surface area (Å²) in [6, 6.07) is 8.52. The number of aryl methyl sites for hydroxylation is 1. The molecule has 0 saturated carbocycles. The van der Waals surface area contributed by atoms with E-state index in [1.807, 2.05) is 31.2 Å². The smallest absolute Gasteiger partial charge is 0.321 e. The van der Waals surface area contributed by atoms with Gasteiger partial charge in [-0.1, -0.05) is 35.8 Å². The third-order valence-corrected chi connectivity index (χ3v) is 2.23. The van der Waals surface area contributed by atoms with Crippen LogP contribution in [0.3, 0.4) is 0 Å². The third kappa shape index (κ3) is 2.39. The summed E-state index contributed by atoms with van der Waals surface area (Å²) in [6.07, 6.45) is 1.03. The summed E-state index contributed by atoms with van der Waals surface area (Å²) in [5.74, 6) is 0.627. The molecule has 0 bridgehead atoms. The molecule has 0 aliphatic rings. The zero-order valence-corrected chi connectivity index (χ0v) is 9.53. The van der Waals surface area contributed by atoms with E-state index in [9.17, 15) is 0 Å². The summed E-state index contributed by atoms with van der Waals surface area (Å²) >= 11 is 0. The summed E-state index contributed by atoms with van der Waals surface area (Å²) < 4.78 is 5.09. The van der Waals surface area contributed by atoms with Gasteiger partial charge in [0.2, 0.25) is 5.82 Å². The second-order valence-corrected chi connectivity index (χ2v) is 3.72. The first kappa shape index (κ1) is 10.7. The average molecular weight is 217 g/mol. The number of anilines is 1. The van der Waals surface area contributed by atoms with Gasteiger partial charge in [0.05, 0.1) is 0 Å². The number of hydrogen-bond acceptors (Lipinski definition) is 4. The van der Waals surface area contributed by atoms with Gasteiger partial charge >= 0.3 is 6.01 Å². The molecule has 0 radical (unpaired) electrons. The van der Waals surface area contributed by atoms with E-state index in [-0.39, 0.29) is 0 Å². The Labute approximate surface area is 94.7 Å². The highest BCUT2D eigenvalue weighted by Crippen LogP contribution is 2.18. The maximum atomic E-state index is 5.09. The number of benzene rings is 1. The molecule has 0 aliphatic carbocycles. The van der Waals surface area contributed by atoms with Crippen LogP contribution in [0.2, 0.25) is 0 Å². The Morgan fingerprint density at radius 1 is 1.38 bits per heavy atom. The van der Waals surface area contributed by atoms with Gasteiger partial charge in [0.25, 0.3) is 0 Å². The molecule has 4 heteroatoms. The number of aromatic nitrogens is 2. The van der Waals surface area contributed by atoms with E-state index < -0.39 is 0 Å². The number of nitrogens with one attached hydrogen (secondary N) is 1. The molecule has 0 saturated heterocycles. The lowest BCUT2D eigenvalue weighted by atomic mass is 10.1. The summed E-state index contributed by atoms with van der Waals surface area (Å²) in [4.78, 5) is 4.27. The number of hydrogen-bond donors (Lipinski definition) is 1. The summed E-state index contributed by atoms with van der Waals surface area (Å²) in [5, 5.41) is 6.99. The fourth-order valence-electron chi connectivity index (χ4n) is 1.43. The lowest BCUT2D eigenvalue weighted by molar-refractivity contribution is 0.432. The molecule has 16 heavy (non-hydrogen) atoms. The Morgan fingerprint density at radius 3 is 3.00 bits per heavy atom. The fourth-order valence-corrected chi connectivity index (χ4v) is 1.43. The van der Waals surface area contributed by atoms with Gasteiger partial charge in [-0.05, 0) is 19.4 Å². The zero-order chi connectivity index (χ0) is 11.4. The monoisotopic (exact) mass is 217 g/mol. The van der Waals surface area contributed by atoms with Gasteiger partial charge in [0, 0.05) is 12.1 Å². The molecule has 1 aromatic carbocycles. The van der Waals surface area contributed by atoms with Crippen molar-refractivity contribution in [1.29, 1.82) is 0 Å². The van der Waals surface area contributed by atoms with Crippen LogP contribution in [0.25, 0.3) is 11.4 Å². The molecule has 0 unspecified atom stereocenters. The van der Waals surface area contributed by atoms with Crippen molar-refractivity contribution in [1.82, 2.24) is 10.1 Å². The van der Waals surface area contributed by atoms with Crippen LogP contribution in [0.4, 0.5) is 6.01 Å². The molecule has 0 amide bonds. The van der Waals surface area contributed by atoms with Crippen molar-refractivity contribution in [3.63, 3.8) is 0 Å². The van der Waals surface area contributed by atoms with Gasteiger partial charge in [0.1, 0.15) is 0 Å². The Morgan fingerprint density at radius 2 is 2.25 bits per heavy atom. The Kier molecular flexibility index (Phi) is 3.19. The normalized spacial score (nSPS) is 10.4. The molecule has 1 N–H and O–H groups in total. The topological polar surface area (TPSA) is 51.0 Å². The highest BCUT2D eigenvalue weighted by Gasteiger charge is 2.07. The number of rotatable bonds is 4. The van der Waals surface area contributed by atoms with Gasteiger partial charge in [0.15, 0.2) is 0 Å². The van der Waals surface area contributed by atoms with E-state index in [0.717, 1.165) is 18.5 Å². The minimum absolute atomic E-state index is 0.485. The van der Waals surface area contributed by atoms with Crippen LogP contribution in [0, 0.1) is 6.92 Å². The zero-order valence-electron chi connectivity index (χ0n) is 9.53. The first-order valence-electron chi connectivity index (χ1n) is 5.44. The van der Waals surface area contributed by atoms with Crippen molar-refractivity contribution in [3.05, 3.63) is 29.8 Å². The van der Waals surface area contributed by atoms with E-state index in [2.05, 4.69) is 22.4 Å². The standard InChI is InChI=1S/C12H15N3O/c1-3-7-13-12-14-11(15-16-12)10-6-4-5-9(2)8-10/h4-6,8H,3,7H2,1-2H3,(H,13,14,15). The Balaban J connectivity index is 2.18. The highest BCUT2D eigenvalue weighted by atomic mass is 16.5. The van der Waals surface area contributed by atoms with Crippen LogP contribution < -0.4 is 5.32 Å². The van der Waals surface area contributed by atoms with Crippen molar-refractivity contribution in [2.24, 2.45) is 0 Å². The summed E-state index contributed by atoms with van der Waals surface area (Å²) in [5.41, 5.74) is 2.17. The van der Waals surface area contributed by atoms with Crippen LogP contribution in [-0.2, 0) is 0 Å². The Bertz CT molecular complexity index is 465. The van der Waals surface area contributed by atoms with Crippen molar-refractivity contribution in [3.8, 4) is 11.4 Å². The van der Waals surface area contributed by atoms with E-state index >= 15 is 0 Å². The van der Waals surface area contributed by atoms with Crippen LogP contribution in [0.5, 0.6) is 0 Å². The SMILES string of the molecule is CCCNc1nc(-c2cccc(C)c2)no1. The third-order valence-electron chi connectivity index (χ3n) is 2.23. The van der Waals surface area contributed by atoms with Gasteiger partial charge in [-0.2, -0.15) is 4.98 Å². The van der Waals surface area contributed by atoms with E-state index in [4.69, 9.17) is 4.52 Å². The first-order valence-corrected chi connectivity index (χ1v) is 5.44. The molecule has 0 atom stereocenters. The molecule has 0 fully saturated rings. The lowest BCUT2D eigenvalue weighted by Gasteiger charge is -1.96. The molecule has 2 rings (SSSR count). The number of nitrogens with zero attached hydrogens (tertiary/aromatic N) is 2. The minimum Gasteiger partial charge on any atom is -0.338 e. The Hall–Kier alpha value is -1.84. The van der Waals surface area contributed by atoms with Crippen molar-refractivity contribution < 1.29 is 4.52 Å².